The zero-order valence-corrected chi connectivity index (χ0v) is 21.5. The van der Waals surface area contributed by atoms with E-state index in [0.29, 0.717) is 22.6 Å². The number of ether oxygens (including phenoxy) is 2. The first-order chi connectivity index (χ1) is 17.3. The Labute approximate surface area is 217 Å². The molecule has 1 unspecified atom stereocenters. The molecule has 36 heavy (non-hydrogen) atoms. The van der Waals surface area contributed by atoms with Crippen molar-refractivity contribution in [1.82, 2.24) is 0 Å². The van der Waals surface area contributed by atoms with Crippen molar-refractivity contribution in [3.05, 3.63) is 99.0 Å². The molecule has 1 atom stereocenters. The highest BCUT2D eigenvalue weighted by Crippen LogP contribution is 2.43. The average molecular weight is 550 g/mol. The van der Waals surface area contributed by atoms with E-state index in [1.165, 1.54) is 18.1 Å². The lowest BCUT2D eigenvalue weighted by atomic mass is 9.94. The van der Waals surface area contributed by atoms with Gasteiger partial charge in [-0.25, -0.2) is 4.79 Å². The number of aliphatic hydroxyl groups is 1. The summed E-state index contributed by atoms with van der Waals surface area (Å²) in [7, 11) is 1.52. The number of carbonyl (C=O) groups is 3. The molecular weight excluding hydrogens is 526 g/mol. The third-order valence-electron chi connectivity index (χ3n) is 5.92. The van der Waals surface area contributed by atoms with Gasteiger partial charge in [-0.15, -0.1) is 0 Å². The highest BCUT2D eigenvalue weighted by molar-refractivity contribution is 9.10. The number of benzene rings is 3. The number of hydrogen-bond acceptors (Lipinski definition) is 6. The molecule has 0 aliphatic carbocycles. The van der Waals surface area contributed by atoms with E-state index in [-0.39, 0.29) is 23.5 Å². The number of methoxy groups -OCH3 is 1. The fourth-order valence-electron chi connectivity index (χ4n) is 4.17. The van der Waals surface area contributed by atoms with Gasteiger partial charge in [-0.1, -0.05) is 40.2 Å². The van der Waals surface area contributed by atoms with Gasteiger partial charge >= 0.3 is 5.97 Å². The van der Waals surface area contributed by atoms with Gasteiger partial charge in [0, 0.05) is 15.7 Å². The van der Waals surface area contributed by atoms with Crippen molar-refractivity contribution in [2.24, 2.45) is 0 Å². The molecule has 1 amide bonds. The van der Waals surface area contributed by atoms with E-state index in [4.69, 9.17) is 9.47 Å². The maximum Gasteiger partial charge on any atom is 0.338 e. The smallest absolute Gasteiger partial charge is 0.338 e. The van der Waals surface area contributed by atoms with E-state index < -0.39 is 23.7 Å². The Hall–Kier alpha value is -3.91. The standard InChI is InChI=1S/C28H24BrNO6/c1-4-36-28(34)19-8-5-9-20(14-19)30-24(17-7-6-10-21(15-17)35-3)23(26(32)27(30)33)25(31)18-11-12-22(29)16(2)13-18/h5-15,24,31H,4H2,1-3H3/b25-23+. The van der Waals surface area contributed by atoms with Gasteiger partial charge in [-0.2, -0.15) is 0 Å². The number of hydrogen-bond donors (Lipinski definition) is 1. The predicted octanol–water partition coefficient (Wildman–Crippen LogP) is 5.57. The number of ketones is 1. The van der Waals surface area contributed by atoms with Gasteiger partial charge in [0.1, 0.15) is 11.5 Å². The summed E-state index contributed by atoms with van der Waals surface area (Å²) in [5.41, 5.74) is 2.32. The summed E-state index contributed by atoms with van der Waals surface area (Å²) < 4.78 is 11.3. The lowest BCUT2D eigenvalue weighted by Gasteiger charge is -2.26. The minimum absolute atomic E-state index is 0.0588. The third kappa shape index (κ3) is 4.64. The average Bonchev–Trinajstić information content (AvgIpc) is 3.15. The van der Waals surface area contributed by atoms with Crippen LogP contribution in [0, 0.1) is 6.92 Å². The van der Waals surface area contributed by atoms with Crippen molar-refractivity contribution >= 4 is 45.0 Å². The zero-order chi connectivity index (χ0) is 26.0. The topological polar surface area (TPSA) is 93.1 Å². The number of aryl methyl sites for hydroxylation is 1. The van der Waals surface area contributed by atoms with Crippen molar-refractivity contribution in [3.63, 3.8) is 0 Å². The van der Waals surface area contributed by atoms with Crippen LogP contribution in [0.2, 0.25) is 0 Å². The number of carbonyl (C=O) groups excluding carboxylic acids is 3. The maximum absolute atomic E-state index is 13.4. The van der Waals surface area contributed by atoms with Crippen molar-refractivity contribution < 1.29 is 29.0 Å². The van der Waals surface area contributed by atoms with E-state index in [1.54, 1.807) is 67.6 Å². The molecule has 1 heterocycles. The van der Waals surface area contributed by atoms with Crippen molar-refractivity contribution in [2.45, 2.75) is 19.9 Å². The summed E-state index contributed by atoms with van der Waals surface area (Å²) in [6.07, 6.45) is 0. The molecule has 1 aliphatic heterocycles. The second-order valence-electron chi connectivity index (χ2n) is 8.18. The van der Waals surface area contributed by atoms with Crippen LogP contribution in [-0.4, -0.2) is 36.5 Å². The summed E-state index contributed by atoms with van der Waals surface area (Å²) >= 11 is 3.44. The highest BCUT2D eigenvalue weighted by Gasteiger charge is 2.47. The monoisotopic (exact) mass is 549 g/mol. The third-order valence-corrected chi connectivity index (χ3v) is 6.81. The van der Waals surface area contributed by atoms with Gasteiger partial charge in [-0.3, -0.25) is 14.5 Å². The summed E-state index contributed by atoms with van der Waals surface area (Å²) in [6, 6.07) is 17.5. The molecule has 3 aromatic carbocycles. The molecule has 0 radical (unpaired) electrons. The molecule has 0 saturated carbocycles. The maximum atomic E-state index is 13.4. The summed E-state index contributed by atoms with van der Waals surface area (Å²) in [5.74, 6) is -1.96. The molecule has 1 fully saturated rings. The molecule has 0 bridgehead atoms. The van der Waals surface area contributed by atoms with Gasteiger partial charge < -0.3 is 14.6 Å². The second kappa shape index (κ2) is 10.4. The zero-order valence-electron chi connectivity index (χ0n) is 19.9. The Bertz CT molecular complexity index is 1400. The van der Waals surface area contributed by atoms with Gasteiger partial charge in [0.2, 0.25) is 0 Å². The largest absolute Gasteiger partial charge is 0.507 e. The fraction of sp³-hybridized carbons (Fsp3) is 0.179. The van der Waals surface area contributed by atoms with Crippen LogP contribution in [0.3, 0.4) is 0 Å². The van der Waals surface area contributed by atoms with E-state index in [2.05, 4.69) is 15.9 Å². The van der Waals surface area contributed by atoms with Crippen LogP contribution in [0.1, 0.15) is 40.0 Å². The summed E-state index contributed by atoms with van der Waals surface area (Å²) in [4.78, 5) is 40.4. The minimum Gasteiger partial charge on any atom is -0.507 e. The lowest BCUT2D eigenvalue weighted by molar-refractivity contribution is -0.132. The van der Waals surface area contributed by atoms with Gasteiger partial charge in [0.05, 0.1) is 30.9 Å². The number of Topliss-reactive ketones (excluding diaryl/α,β-unsaturated/α-hetero) is 1. The number of halogens is 1. The molecule has 3 aromatic rings. The normalized spacial score (nSPS) is 16.8. The first-order valence-corrected chi connectivity index (χ1v) is 12.0. The van der Waals surface area contributed by atoms with Crippen molar-refractivity contribution in [1.29, 1.82) is 0 Å². The number of aliphatic hydroxyl groups excluding tert-OH is 1. The number of nitrogens with zero attached hydrogens (tertiary/aromatic N) is 1. The van der Waals surface area contributed by atoms with E-state index in [1.807, 2.05) is 6.92 Å². The Balaban J connectivity index is 1.94. The predicted molar refractivity (Wildman–Crippen MR) is 139 cm³/mol. The molecule has 0 spiro atoms. The Morgan fingerprint density at radius 3 is 2.47 bits per heavy atom. The number of esters is 1. The van der Waals surface area contributed by atoms with Crippen molar-refractivity contribution in [2.75, 3.05) is 18.6 Å². The van der Waals surface area contributed by atoms with Crippen LogP contribution in [-0.2, 0) is 14.3 Å². The summed E-state index contributed by atoms with van der Waals surface area (Å²) in [5, 5.41) is 11.3. The van der Waals surface area contributed by atoms with Gasteiger partial charge in [0.15, 0.2) is 0 Å². The number of amides is 1. The summed E-state index contributed by atoms with van der Waals surface area (Å²) in [6.45, 7) is 3.76. The van der Waals surface area contributed by atoms with E-state index >= 15 is 0 Å². The van der Waals surface area contributed by atoms with Crippen LogP contribution in [0.5, 0.6) is 5.75 Å². The molecule has 8 heteroatoms. The molecule has 184 valence electrons. The quantitative estimate of drug-likeness (QED) is 0.187. The SMILES string of the molecule is CCOC(=O)c1cccc(N2C(=O)C(=O)/C(=C(/O)c3ccc(Br)c(C)c3)C2c2cccc(OC)c2)c1. The van der Waals surface area contributed by atoms with Crippen molar-refractivity contribution in [3.8, 4) is 5.75 Å². The minimum atomic E-state index is -0.957. The Kier molecular flexibility index (Phi) is 7.26. The van der Waals surface area contributed by atoms with Crippen LogP contribution in [0.25, 0.3) is 5.76 Å². The molecular formula is C28H24BrNO6. The first kappa shape index (κ1) is 25.2. The molecule has 7 nitrogen and oxygen atoms in total. The lowest BCUT2D eigenvalue weighted by Crippen LogP contribution is -2.29. The first-order valence-electron chi connectivity index (χ1n) is 11.3. The van der Waals surface area contributed by atoms with Crippen LogP contribution in [0.4, 0.5) is 5.69 Å². The van der Waals surface area contributed by atoms with Gasteiger partial charge in [0.25, 0.3) is 11.7 Å². The number of anilines is 1. The van der Waals surface area contributed by atoms with E-state index in [9.17, 15) is 19.5 Å². The van der Waals surface area contributed by atoms with Crippen LogP contribution in [0.15, 0.2) is 76.8 Å². The van der Waals surface area contributed by atoms with Gasteiger partial charge in [-0.05, 0) is 67.4 Å². The molecule has 1 aliphatic rings. The van der Waals surface area contributed by atoms with E-state index in [0.717, 1.165) is 10.0 Å². The Morgan fingerprint density at radius 1 is 1.03 bits per heavy atom. The molecule has 0 aromatic heterocycles. The molecule has 1 saturated heterocycles. The molecule has 1 N–H and O–H groups in total. The highest BCUT2D eigenvalue weighted by atomic mass is 79.9. The number of rotatable bonds is 6. The van der Waals surface area contributed by atoms with Crippen LogP contribution >= 0.6 is 15.9 Å². The second-order valence-corrected chi connectivity index (χ2v) is 9.03. The Morgan fingerprint density at radius 2 is 1.78 bits per heavy atom. The fourth-order valence-corrected chi connectivity index (χ4v) is 4.42. The van der Waals surface area contributed by atoms with Crippen LogP contribution < -0.4 is 9.64 Å². The molecule has 4 rings (SSSR count).